The summed E-state index contributed by atoms with van der Waals surface area (Å²) in [6, 6.07) is 7.24. The van der Waals surface area contributed by atoms with Crippen molar-refractivity contribution in [3.8, 4) is 16.8 Å². The number of aryl methyl sites for hydroxylation is 1. The summed E-state index contributed by atoms with van der Waals surface area (Å²) in [6.45, 7) is 1.62. The number of aromatic nitrogens is 4. The predicted molar refractivity (Wildman–Crippen MR) is 113 cm³/mol. The molecule has 1 aromatic carbocycles. The SMILES string of the molecule is Cc1c(NS(=O)(=O)CC2CC(F)(F)C2)c(=O)n(-c2cccc(-c3cnn(C)c3)c2)n1C. The Balaban J connectivity index is 1.65. The van der Waals surface area contributed by atoms with Crippen LogP contribution in [0.2, 0.25) is 0 Å². The van der Waals surface area contributed by atoms with Crippen molar-refractivity contribution >= 4 is 15.7 Å². The van der Waals surface area contributed by atoms with E-state index in [4.69, 9.17) is 0 Å². The summed E-state index contributed by atoms with van der Waals surface area (Å²) in [6.07, 6.45) is 2.66. The topological polar surface area (TPSA) is 90.9 Å². The molecule has 1 aliphatic carbocycles. The van der Waals surface area contributed by atoms with Gasteiger partial charge in [-0.15, -0.1) is 0 Å². The highest BCUT2D eigenvalue weighted by atomic mass is 32.2. The summed E-state index contributed by atoms with van der Waals surface area (Å²) in [5, 5.41) is 4.15. The minimum Gasteiger partial charge on any atom is -0.283 e. The molecular weight excluding hydrogens is 428 g/mol. The van der Waals surface area contributed by atoms with Gasteiger partial charge in [-0.05, 0) is 30.5 Å². The maximum atomic E-state index is 13.1. The fourth-order valence-electron chi connectivity index (χ4n) is 3.91. The summed E-state index contributed by atoms with van der Waals surface area (Å²) < 4.78 is 58.0. The Morgan fingerprint density at radius 3 is 2.55 bits per heavy atom. The molecule has 0 aliphatic heterocycles. The Morgan fingerprint density at radius 1 is 1.23 bits per heavy atom. The quantitative estimate of drug-likeness (QED) is 0.624. The highest BCUT2D eigenvalue weighted by Crippen LogP contribution is 2.43. The molecule has 0 saturated heterocycles. The monoisotopic (exact) mass is 451 g/mol. The molecule has 166 valence electrons. The number of rotatable bonds is 6. The standard InChI is InChI=1S/C20H23F2N5O3S/c1-13-18(24-31(29,30)12-14-8-20(21,22)9-14)19(28)27(26(13)3)17-6-4-5-15(7-17)16-10-23-25(2)11-16/h4-7,10-11,14,24H,8-9,12H2,1-3H3. The van der Waals surface area contributed by atoms with Gasteiger partial charge in [0, 0.05) is 38.7 Å². The molecule has 2 heterocycles. The van der Waals surface area contributed by atoms with Gasteiger partial charge in [0.15, 0.2) is 0 Å². The second-order valence-electron chi connectivity index (χ2n) is 8.07. The molecule has 11 heteroatoms. The Kier molecular flexibility index (Phi) is 5.03. The van der Waals surface area contributed by atoms with Crippen LogP contribution in [0.3, 0.4) is 0 Å². The van der Waals surface area contributed by atoms with E-state index in [2.05, 4.69) is 9.82 Å². The van der Waals surface area contributed by atoms with Crippen molar-refractivity contribution < 1.29 is 17.2 Å². The van der Waals surface area contributed by atoms with Gasteiger partial charge in [0.05, 0.1) is 23.3 Å². The molecule has 8 nitrogen and oxygen atoms in total. The molecule has 0 amide bonds. The van der Waals surface area contributed by atoms with Crippen LogP contribution in [-0.4, -0.2) is 39.2 Å². The van der Waals surface area contributed by atoms with Gasteiger partial charge in [0.1, 0.15) is 5.69 Å². The maximum absolute atomic E-state index is 13.1. The van der Waals surface area contributed by atoms with E-state index < -0.39 is 46.0 Å². The fraction of sp³-hybridized carbons (Fsp3) is 0.400. The number of hydrogen-bond acceptors (Lipinski definition) is 4. The van der Waals surface area contributed by atoms with Crippen LogP contribution >= 0.6 is 0 Å². The summed E-state index contributed by atoms with van der Waals surface area (Å²) in [5.74, 6) is -3.85. The molecule has 0 bridgehead atoms. The second-order valence-corrected chi connectivity index (χ2v) is 9.83. The van der Waals surface area contributed by atoms with Crippen LogP contribution in [0.5, 0.6) is 0 Å². The zero-order valence-corrected chi connectivity index (χ0v) is 18.2. The lowest BCUT2D eigenvalue weighted by molar-refractivity contribution is -0.103. The number of hydrogen-bond donors (Lipinski definition) is 1. The molecule has 2 aromatic heterocycles. The Labute approximate surface area is 178 Å². The molecule has 31 heavy (non-hydrogen) atoms. The molecule has 1 saturated carbocycles. The molecule has 0 radical (unpaired) electrons. The number of anilines is 1. The van der Waals surface area contributed by atoms with E-state index >= 15 is 0 Å². The zero-order chi connectivity index (χ0) is 22.6. The van der Waals surface area contributed by atoms with Crippen LogP contribution in [0.1, 0.15) is 18.5 Å². The van der Waals surface area contributed by atoms with E-state index in [0.29, 0.717) is 11.4 Å². The first-order valence-electron chi connectivity index (χ1n) is 9.72. The van der Waals surface area contributed by atoms with Crippen molar-refractivity contribution in [1.29, 1.82) is 0 Å². The number of benzene rings is 1. The molecule has 0 unspecified atom stereocenters. The fourth-order valence-corrected chi connectivity index (χ4v) is 5.40. The smallest absolute Gasteiger partial charge is 0.283 e. The van der Waals surface area contributed by atoms with Gasteiger partial charge in [-0.2, -0.15) is 5.10 Å². The van der Waals surface area contributed by atoms with E-state index in [1.165, 1.54) is 4.68 Å². The van der Waals surface area contributed by atoms with Crippen molar-refractivity contribution in [2.24, 2.45) is 20.0 Å². The number of sulfonamides is 1. The summed E-state index contributed by atoms with van der Waals surface area (Å²) in [4.78, 5) is 13.1. The summed E-state index contributed by atoms with van der Waals surface area (Å²) in [7, 11) is -0.487. The van der Waals surface area contributed by atoms with E-state index in [1.54, 1.807) is 41.7 Å². The molecular formula is C20H23F2N5O3S. The number of halogens is 2. The molecule has 3 aromatic rings. The van der Waals surface area contributed by atoms with E-state index in [1.807, 2.05) is 25.4 Å². The van der Waals surface area contributed by atoms with Crippen LogP contribution in [0.4, 0.5) is 14.5 Å². The average molecular weight is 451 g/mol. The highest BCUT2D eigenvalue weighted by Gasteiger charge is 2.46. The second kappa shape index (κ2) is 7.33. The van der Waals surface area contributed by atoms with Gasteiger partial charge in [-0.25, -0.2) is 21.9 Å². The maximum Gasteiger partial charge on any atom is 0.296 e. The molecule has 0 spiro atoms. The number of nitrogens with one attached hydrogen (secondary N) is 1. The summed E-state index contributed by atoms with van der Waals surface area (Å²) >= 11 is 0. The molecule has 1 aliphatic rings. The van der Waals surface area contributed by atoms with Gasteiger partial charge in [-0.1, -0.05) is 12.1 Å². The molecule has 1 N–H and O–H groups in total. The third-order valence-electron chi connectivity index (χ3n) is 5.57. The van der Waals surface area contributed by atoms with Crippen LogP contribution in [0.15, 0.2) is 41.5 Å². The largest absolute Gasteiger partial charge is 0.296 e. The molecule has 4 rings (SSSR count). The number of alkyl halides is 2. The first kappa shape index (κ1) is 21.3. The summed E-state index contributed by atoms with van der Waals surface area (Å²) in [5.41, 5.74) is 2.08. The van der Waals surface area contributed by atoms with Gasteiger partial charge in [-0.3, -0.25) is 18.9 Å². The van der Waals surface area contributed by atoms with Gasteiger partial charge < -0.3 is 0 Å². The van der Waals surface area contributed by atoms with Gasteiger partial charge in [0.2, 0.25) is 15.9 Å². The Hall–Kier alpha value is -2.95. The normalized spacial score (nSPS) is 16.3. The van der Waals surface area contributed by atoms with Gasteiger partial charge in [0.25, 0.3) is 5.56 Å². The van der Waals surface area contributed by atoms with E-state index in [9.17, 15) is 22.0 Å². The van der Waals surface area contributed by atoms with Crippen LogP contribution in [0, 0.1) is 12.8 Å². The minimum absolute atomic E-state index is 0.0830. The van der Waals surface area contributed by atoms with Crippen molar-refractivity contribution in [3.63, 3.8) is 0 Å². The first-order chi connectivity index (χ1) is 14.5. The van der Waals surface area contributed by atoms with Crippen molar-refractivity contribution in [2.75, 3.05) is 10.5 Å². The number of nitrogens with zero attached hydrogens (tertiary/aromatic N) is 4. The lowest BCUT2D eigenvalue weighted by Crippen LogP contribution is -2.40. The highest BCUT2D eigenvalue weighted by molar-refractivity contribution is 7.92. The van der Waals surface area contributed by atoms with E-state index in [-0.39, 0.29) is 5.69 Å². The van der Waals surface area contributed by atoms with Gasteiger partial charge >= 0.3 is 0 Å². The molecule has 1 fully saturated rings. The van der Waals surface area contributed by atoms with E-state index in [0.717, 1.165) is 11.1 Å². The van der Waals surface area contributed by atoms with Crippen LogP contribution in [0.25, 0.3) is 16.8 Å². The molecule has 0 atom stereocenters. The van der Waals surface area contributed by atoms with Crippen molar-refractivity contribution in [1.82, 2.24) is 19.1 Å². The lowest BCUT2D eigenvalue weighted by Gasteiger charge is -2.34. The lowest BCUT2D eigenvalue weighted by atomic mass is 9.83. The van der Waals surface area contributed by atoms with Crippen molar-refractivity contribution in [3.05, 3.63) is 52.7 Å². The third-order valence-corrected chi connectivity index (χ3v) is 7.00. The Bertz CT molecular complexity index is 1300. The van der Waals surface area contributed by atoms with Crippen molar-refractivity contribution in [2.45, 2.75) is 25.7 Å². The predicted octanol–water partition coefficient (Wildman–Crippen LogP) is 2.67. The minimum atomic E-state index is -3.94. The van der Waals surface area contributed by atoms with Crippen LogP contribution in [-0.2, 0) is 24.1 Å². The first-order valence-corrected chi connectivity index (χ1v) is 11.4. The zero-order valence-electron chi connectivity index (χ0n) is 17.3. The third kappa shape index (κ3) is 4.14. The Morgan fingerprint density at radius 2 is 1.94 bits per heavy atom. The van der Waals surface area contributed by atoms with Crippen LogP contribution < -0.4 is 10.3 Å². The average Bonchev–Trinajstić information content (AvgIpc) is 3.17.